The molecule has 108 valence electrons. The second kappa shape index (κ2) is 5.49. The number of nitrogens with zero attached hydrogens (tertiary/aromatic N) is 1. The number of phenolic OH excluding ortho intramolecular Hbond substituents is 1. The third-order valence-corrected chi connectivity index (χ3v) is 2.92. The maximum atomic E-state index is 11.1. The Kier molecular flexibility index (Phi) is 3.75. The fourth-order valence-corrected chi connectivity index (χ4v) is 1.73. The summed E-state index contributed by atoms with van der Waals surface area (Å²) in [7, 11) is 0. The SMILES string of the molecule is Cc1c(O)cccc1Oc1ccc(C(N)=O)cc1[N+](=O)[O-]. The third kappa shape index (κ3) is 2.92. The van der Waals surface area contributed by atoms with E-state index >= 15 is 0 Å². The Morgan fingerprint density at radius 1 is 1.29 bits per heavy atom. The smallest absolute Gasteiger partial charge is 0.312 e. The van der Waals surface area contributed by atoms with Gasteiger partial charge in [0.2, 0.25) is 11.7 Å². The minimum atomic E-state index is -0.766. The van der Waals surface area contributed by atoms with Crippen molar-refractivity contribution in [1.82, 2.24) is 0 Å². The molecule has 0 aliphatic heterocycles. The number of primary amides is 1. The first kappa shape index (κ1) is 14.3. The van der Waals surface area contributed by atoms with Crippen LogP contribution in [0.1, 0.15) is 15.9 Å². The Bertz CT molecular complexity index is 727. The van der Waals surface area contributed by atoms with Gasteiger partial charge < -0.3 is 15.6 Å². The van der Waals surface area contributed by atoms with Crippen molar-refractivity contribution in [3.63, 3.8) is 0 Å². The van der Waals surface area contributed by atoms with Crippen molar-refractivity contribution in [2.75, 3.05) is 0 Å². The van der Waals surface area contributed by atoms with Crippen LogP contribution in [0.15, 0.2) is 36.4 Å². The summed E-state index contributed by atoms with van der Waals surface area (Å²) in [6.07, 6.45) is 0. The molecule has 0 unspecified atom stereocenters. The molecule has 0 spiro atoms. The zero-order valence-corrected chi connectivity index (χ0v) is 11.1. The Hall–Kier alpha value is -3.09. The third-order valence-electron chi connectivity index (χ3n) is 2.92. The second-order valence-corrected chi connectivity index (χ2v) is 4.31. The molecular weight excluding hydrogens is 276 g/mol. The van der Waals surface area contributed by atoms with E-state index in [4.69, 9.17) is 10.5 Å². The molecule has 0 radical (unpaired) electrons. The van der Waals surface area contributed by atoms with Crippen LogP contribution >= 0.6 is 0 Å². The van der Waals surface area contributed by atoms with Gasteiger partial charge in [0.25, 0.3) is 0 Å². The largest absolute Gasteiger partial charge is 0.508 e. The number of phenols is 1. The van der Waals surface area contributed by atoms with Crippen molar-refractivity contribution in [3.8, 4) is 17.2 Å². The lowest BCUT2D eigenvalue weighted by Gasteiger charge is -2.10. The molecule has 7 heteroatoms. The molecule has 0 aliphatic rings. The Balaban J connectivity index is 2.46. The number of benzene rings is 2. The van der Waals surface area contributed by atoms with Crippen molar-refractivity contribution < 1.29 is 19.6 Å². The van der Waals surface area contributed by atoms with Crippen LogP contribution in [0, 0.1) is 17.0 Å². The number of amides is 1. The standard InChI is InChI=1S/C14H12N2O5/c1-8-11(17)3-2-4-12(8)21-13-6-5-9(14(15)18)7-10(13)16(19)20/h2-7,17H,1H3,(H2,15,18). The molecule has 7 nitrogen and oxygen atoms in total. The quantitative estimate of drug-likeness (QED) is 0.662. The summed E-state index contributed by atoms with van der Waals surface area (Å²) < 4.78 is 5.46. The van der Waals surface area contributed by atoms with Gasteiger partial charge in [0.05, 0.1) is 4.92 Å². The van der Waals surface area contributed by atoms with E-state index in [1.54, 1.807) is 19.1 Å². The topological polar surface area (TPSA) is 116 Å². The number of aromatic hydroxyl groups is 1. The van der Waals surface area contributed by atoms with E-state index in [9.17, 15) is 20.0 Å². The van der Waals surface area contributed by atoms with Gasteiger partial charge in [-0.2, -0.15) is 0 Å². The molecule has 0 heterocycles. The van der Waals surface area contributed by atoms with Crippen LogP contribution in [0.4, 0.5) is 5.69 Å². The fraction of sp³-hybridized carbons (Fsp3) is 0.0714. The lowest BCUT2D eigenvalue weighted by atomic mass is 10.1. The van der Waals surface area contributed by atoms with Crippen molar-refractivity contribution in [2.24, 2.45) is 5.73 Å². The molecule has 0 saturated heterocycles. The summed E-state index contributed by atoms with van der Waals surface area (Å²) in [6.45, 7) is 1.62. The first-order chi connectivity index (χ1) is 9.90. The normalized spacial score (nSPS) is 10.1. The maximum absolute atomic E-state index is 11.1. The second-order valence-electron chi connectivity index (χ2n) is 4.31. The molecule has 0 atom stereocenters. The average Bonchev–Trinajstić information content (AvgIpc) is 2.43. The molecule has 0 bridgehead atoms. The number of nitrogens with two attached hydrogens (primary N) is 1. The summed E-state index contributed by atoms with van der Waals surface area (Å²) in [5, 5.41) is 20.7. The molecule has 0 saturated carbocycles. The maximum Gasteiger partial charge on any atom is 0.312 e. The van der Waals surface area contributed by atoms with Crippen LogP contribution in [0.2, 0.25) is 0 Å². The molecule has 2 aromatic rings. The van der Waals surface area contributed by atoms with E-state index in [0.29, 0.717) is 5.56 Å². The minimum Gasteiger partial charge on any atom is -0.508 e. The Morgan fingerprint density at radius 2 is 2.00 bits per heavy atom. The van der Waals surface area contributed by atoms with Gasteiger partial charge in [-0.05, 0) is 31.2 Å². The van der Waals surface area contributed by atoms with Gasteiger partial charge in [-0.3, -0.25) is 14.9 Å². The van der Waals surface area contributed by atoms with Gasteiger partial charge in [-0.25, -0.2) is 0 Å². The average molecular weight is 288 g/mol. The number of hydrogen-bond donors (Lipinski definition) is 2. The van der Waals surface area contributed by atoms with E-state index in [2.05, 4.69) is 0 Å². The summed E-state index contributed by atoms with van der Waals surface area (Å²) in [4.78, 5) is 21.5. The van der Waals surface area contributed by atoms with Crippen LogP contribution in [0.25, 0.3) is 0 Å². The highest BCUT2D eigenvalue weighted by molar-refractivity contribution is 5.93. The minimum absolute atomic E-state index is 0.0154. The van der Waals surface area contributed by atoms with Gasteiger partial charge >= 0.3 is 5.69 Å². The highest BCUT2D eigenvalue weighted by Gasteiger charge is 2.19. The van der Waals surface area contributed by atoms with Gasteiger partial charge in [-0.1, -0.05) is 6.07 Å². The van der Waals surface area contributed by atoms with E-state index in [-0.39, 0.29) is 28.5 Å². The number of nitro groups is 1. The zero-order valence-electron chi connectivity index (χ0n) is 11.1. The number of ether oxygens (including phenoxy) is 1. The summed E-state index contributed by atoms with van der Waals surface area (Å²) in [5.74, 6) is -0.509. The summed E-state index contributed by atoms with van der Waals surface area (Å²) >= 11 is 0. The van der Waals surface area contributed by atoms with Crippen LogP contribution in [0.3, 0.4) is 0 Å². The lowest BCUT2D eigenvalue weighted by Crippen LogP contribution is -2.11. The molecule has 2 aromatic carbocycles. The highest BCUT2D eigenvalue weighted by Crippen LogP contribution is 2.35. The molecule has 0 aliphatic carbocycles. The van der Waals surface area contributed by atoms with Gasteiger partial charge in [0.15, 0.2) is 0 Å². The van der Waals surface area contributed by atoms with Crippen LogP contribution in [0.5, 0.6) is 17.2 Å². The highest BCUT2D eigenvalue weighted by atomic mass is 16.6. The summed E-state index contributed by atoms with van der Waals surface area (Å²) in [6, 6.07) is 8.29. The molecule has 0 aromatic heterocycles. The van der Waals surface area contributed by atoms with Crippen LogP contribution in [-0.4, -0.2) is 15.9 Å². The van der Waals surface area contributed by atoms with E-state index in [0.717, 1.165) is 6.07 Å². The van der Waals surface area contributed by atoms with Crippen molar-refractivity contribution >= 4 is 11.6 Å². The summed E-state index contributed by atoms with van der Waals surface area (Å²) in [5.41, 5.74) is 5.18. The van der Waals surface area contributed by atoms with Crippen molar-refractivity contribution in [3.05, 3.63) is 57.6 Å². The van der Waals surface area contributed by atoms with Crippen molar-refractivity contribution in [2.45, 2.75) is 6.92 Å². The van der Waals surface area contributed by atoms with Crippen LogP contribution < -0.4 is 10.5 Å². The number of carbonyl (C=O) groups excluding carboxylic acids is 1. The van der Waals surface area contributed by atoms with Crippen LogP contribution in [-0.2, 0) is 0 Å². The van der Waals surface area contributed by atoms with E-state index in [1.807, 2.05) is 0 Å². The van der Waals surface area contributed by atoms with Crippen molar-refractivity contribution in [1.29, 1.82) is 0 Å². The zero-order chi connectivity index (χ0) is 15.6. The Labute approximate surface area is 119 Å². The predicted molar refractivity (Wildman–Crippen MR) is 74.5 cm³/mol. The molecule has 1 amide bonds. The number of nitro benzene ring substituents is 1. The Morgan fingerprint density at radius 3 is 2.62 bits per heavy atom. The fourth-order valence-electron chi connectivity index (χ4n) is 1.73. The van der Waals surface area contributed by atoms with Gasteiger partial charge in [0, 0.05) is 17.2 Å². The first-order valence-electron chi connectivity index (χ1n) is 5.95. The lowest BCUT2D eigenvalue weighted by molar-refractivity contribution is -0.385. The molecule has 2 rings (SSSR count). The number of rotatable bonds is 4. The molecule has 0 fully saturated rings. The predicted octanol–water partition coefficient (Wildman–Crippen LogP) is 2.50. The molecule has 3 N–H and O–H groups in total. The van der Waals surface area contributed by atoms with E-state index in [1.165, 1.54) is 18.2 Å². The number of carbonyl (C=O) groups is 1. The number of hydrogen-bond acceptors (Lipinski definition) is 5. The molecule has 21 heavy (non-hydrogen) atoms. The van der Waals surface area contributed by atoms with Gasteiger partial charge in [-0.15, -0.1) is 0 Å². The van der Waals surface area contributed by atoms with Gasteiger partial charge in [0.1, 0.15) is 11.5 Å². The monoisotopic (exact) mass is 288 g/mol. The molecular formula is C14H12N2O5. The first-order valence-corrected chi connectivity index (χ1v) is 5.95. The van der Waals surface area contributed by atoms with E-state index < -0.39 is 10.8 Å².